The van der Waals surface area contributed by atoms with E-state index in [1.807, 2.05) is 6.07 Å². The number of nitriles is 1. The van der Waals surface area contributed by atoms with Crippen LogP contribution >= 0.6 is 11.6 Å². The van der Waals surface area contributed by atoms with Crippen molar-refractivity contribution in [1.82, 2.24) is 0 Å². The number of halogens is 1. The van der Waals surface area contributed by atoms with Gasteiger partial charge < -0.3 is 9.84 Å². The van der Waals surface area contributed by atoms with Crippen molar-refractivity contribution in [3.8, 4) is 11.8 Å². The molecule has 16 heavy (non-hydrogen) atoms. The van der Waals surface area contributed by atoms with E-state index >= 15 is 0 Å². The zero-order valence-electron chi connectivity index (χ0n) is 8.66. The minimum absolute atomic E-state index is 0.0417. The largest absolute Gasteiger partial charge is 0.508 e. The van der Waals surface area contributed by atoms with Crippen molar-refractivity contribution in [3.05, 3.63) is 28.8 Å². The number of hydrogen-bond acceptors (Lipinski definition) is 4. The first-order valence-electron chi connectivity index (χ1n) is 4.63. The summed E-state index contributed by atoms with van der Waals surface area (Å²) < 4.78 is 4.78. The van der Waals surface area contributed by atoms with Gasteiger partial charge in [-0.05, 0) is 24.6 Å². The summed E-state index contributed by atoms with van der Waals surface area (Å²) in [6.07, 6.45) is 0. The molecule has 0 bridgehead atoms. The van der Waals surface area contributed by atoms with E-state index < -0.39 is 5.97 Å². The second kappa shape index (κ2) is 5.38. The second-order valence-corrected chi connectivity index (χ2v) is 3.26. The van der Waals surface area contributed by atoms with Crippen LogP contribution in [-0.4, -0.2) is 17.7 Å². The molecule has 0 fully saturated rings. The summed E-state index contributed by atoms with van der Waals surface area (Å²) >= 11 is 5.62. The van der Waals surface area contributed by atoms with Crippen LogP contribution in [0, 0.1) is 11.3 Å². The molecule has 0 spiro atoms. The number of carbonyl (C=O) groups excluding carboxylic acids is 1. The zero-order valence-corrected chi connectivity index (χ0v) is 9.41. The van der Waals surface area contributed by atoms with Crippen molar-refractivity contribution in [1.29, 1.82) is 5.26 Å². The van der Waals surface area contributed by atoms with Gasteiger partial charge in [-0.25, -0.2) is 4.79 Å². The van der Waals surface area contributed by atoms with Crippen molar-refractivity contribution in [2.24, 2.45) is 0 Å². The molecule has 84 valence electrons. The van der Waals surface area contributed by atoms with E-state index in [1.165, 1.54) is 12.1 Å². The van der Waals surface area contributed by atoms with Crippen LogP contribution in [-0.2, 0) is 10.6 Å². The lowest BCUT2D eigenvalue weighted by atomic mass is 10.0. The normalized spacial score (nSPS) is 9.56. The molecular weight excluding hydrogens is 230 g/mol. The van der Waals surface area contributed by atoms with Crippen molar-refractivity contribution < 1.29 is 14.6 Å². The van der Waals surface area contributed by atoms with Gasteiger partial charge in [-0.3, -0.25) is 0 Å². The third-order valence-electron chi connectivity index (χ3n) is 1.96. The van der Waals surface area contributed by atoms with Gasteiger partial charge >= 0.3 is 5.97 Å². The quantitative estimate of drug-likeness (QED) is 0.648. The summed E-state index contributed by atoms with van der Waals surface area (Å²) in [5.74, 6) is -0.706. The Morgan fingerprint density at radius 2 is 2.31 bits per heavy atom. The minimum Gasteiger partial charge on any atom is -0.508 e. The maximum absolute atomic E-state index is 11.5. The van der Waals surface area contributed by atoms with Gasteiger partial charge in [-0.2, -0.15) is 5.26 Å². The Kier molecular flexibility index (Phi) is 4.15. The second-order valence-electron chi connectivity index (χ2n) is 2.99. The lowest BCUT2D eigenvalue weighted by Crippen LogP contribution is -2.08. The smallest absolute Gasteiger partial charge is 0.339 e. The van der Waals surface area contributed by atoms with Gasteiger partial charge in [0.2, 0.25) is 0 Å². The third-order valence-corrected chi connectivity index (χ3v) is 2.24. The van der Waals surface area contributed by atoms with Crippen molar-refractivity contribution in [3.63, 3.8) is 0 Å². The fourth-order valence-corrected chi connectivity index (χ4v) is 1.50. The molecule has 0 aliphatic rings. The topological polar surface area (TPSA) is 70.3 Å². The standard InChI is InChI=1S/C11H10ClNO3/c1-2-16-11(15)9-4-8(14)3-7(5-12)10(9)6-13/h3-4,14H,2,5H2,1H3. The number of aromatic hydroxyl groups is 1. The van der Waals surface area contributed by atoms with Crippen molar-refractivity contribution >= 4 is 17.6 Å². The van der Waals surface area contributed by atoms with E-state index in [-0.39, 0.29) is 29.4 Å². The predicted molar refractivity (Wildman–Crippen MR) is 58.3 cm³/mol. The molecule has 0 radical (unpaired) electrons. The molecule has 0 aliphatic heterocycles. The van der Waals surface area contributed by atoms with Crippen LogP contribution in [0.15, 0.2) is 12.1 Å². The summed E-state index contributed by atoms with van der Waals surface area (Å²) in [5, 5.41) is 18.3. The van der Waals surface area contributed by atoms with Gasteiger partial charge in [0.05, 0.1) is 17.7 Å². The highest BCUT2D eigenvalue weighted by molar-refractivity contribution is 6.17. The van der Waals surface area contributed by atoms with E-state index in [1.54, 1.807) is 6.92 Å². The average Bonchev–Trinajstić information content (AvgIpc) is 2.28. The van der Waals surface area contributed by atoms with E-state index in [2.05, 4.69) is 0 Å². The Balaban J connectivity index is 3.32. The Bertz CT molecular complexity index is 451. The molecule has 5 heteroatoms. The molecule has 1 aromatic carbocycles. The predicted octanol–water partition coefficient (Wildman–Crippen LogP) is 2.18. The lowest BCUT2D eigenvalue weighted by Gasteiger charge is -2.07. The van der Waals surface area contributed by atoms with E-state index in [9.17, 15) is 9.90 Å². The van der Waals surface area contributed by atoms with Crippen LogP contribution in [0.1, 0.15) is 28.4 Å². The van der Waals surface area contributed by atoms with E-state index in [0.717, 1.165) is 0 Å². The van der Waals surface area contributed by atoms with Crippen LogP contribution in [0.5, 0.6) is 5.75 Å². The number of nitrogens with zero attached hydrogens (tertiary/aromatic N) is 1. The molecule has 0 saturated carbocycles. The van der Waals surface area contributed by atoms with Gasteiger partial charge in [0.25, 0.3) is 0 Å². The molecule has 0 saturated heterocycles. The first-order valence-corrected chi connectivity index (χ1v) is 5.16. The van der Waals surface area contributed by atoms with Crippen LogP contribution < -0.4 is 0 Å². The molecule has 0 heterocycles. The maximum Gasteiger partial charge on any atom is 0.339 e. The molecule has 0 unspecified atom stereocenters. The van der Waals surface area contributed by atoms with Crippen LogP contribution in [0.4, 0.5) is 0 Å². The summed E-state index contributed by atoms with van der Waals surface area (Å²) in [4.78, 5) is 11.5. The van der Waals surface area contributed by atoms with E-state index in [4.69, 9.17) is 21.6 Å². The van der Waals surface area contributed by atoms with Gasteiger partial charge in [0.15, 0.2) is 0 Å². The molecule has 1 N–H and O–H groups in total. The van der Waals surface area contributed by atoms with Crippen LogP contribution in [0.3, 0.4) is 0 Å². The van der Waals surface area contributed by atoms with Crippen molar-refractivity contribution in [2.75, 3.05) is 6.61 Å². The van der Waals surface area contributed by atoms with E-state index in [0.29, 0.717) is 5.56 Å². The minimum atomic E-state index is -0.638. The molecule has 1 rings (SSSR count). The highest BCUT2D eigenvalue weighted by Gasteiger charge is 2.17. The Hall–Kier alpha value is -1.73. The molecule has 0 atom stereocenters. The molecule has 0 amide bonds. The first kappa shape index (κ1) is 12.3. The average molecular weight is 240 g/mol. The number of carbonyl (C=O) groups is 1. The number of benzene rings is 1. The fraction of sp³-hybridized carbons (Fsp3) is 0.273. The molecule has 0 aliphatic carbocycles. The number of phenolic OH excluding ortho intramolecular Hbond substituents is 1. The number of esters is 1. The molecular formula is C11H10ClNO3. The fourth-order valence-electron chi connectivity index (χ4n) is 1.29. The number of rotatable bonds is 3. The summed E-state index contributed by atoms with van der Waals surface area (Å²) in [6, 6.07) is 4.44. The highest BCUT2D eigenvalue weighted by atomic mass is 35.5. The summed E-state index contributed by atoms with van der Waals surface area (Å²) in [5.41, 5.74) is 0.596. The molecule has 1 aromatic rings. The van der Waals surface area contributed by atoms with Crippen LogP contribution in [0.25, 0.3) is 0 Å². The first-order chi connectivity index (χ1) is 7.63. The van der Waals surface area contributed by atoms with Gasteiger partial charge in [0, 0.05) is 5.88 Å². The van der Waals surface area contributed by atoms with Gasteiger partial charge in [-0.1, -0.05) is 0 Å². The maximum atomic E-state index is 11.5. The van der Waals surface area contributed by atoms with Crippen LogP contribution in [0.2, 0.25) is 0 Å². The Morgan fingerprint density at radius 1 is 1.62 bits per heavy atom. The Morgan fingerprint density at radius 3 is 2.81 bits per heavy atom. The number of ether oxygens (including phenoxy) is 1. The lowest BCUT2D eigenvalue weighted by molar-refractivity contribution is 0.0525. The SMILES string of the molecule is CCOC(=O)c1cc(O)cc(CCl)c1C#N. The number of hydrogen-bond donors (Lipinski definition) is 1. The third kappa shape index (κ3) is 2.44. The summed E-state index contributed by atoms with van der Waals surface area (Å²) in [7, 11) is 0. The molecule has 0 aromatic heterocycles. The van der Waals surface area contributed by atoms with Gasteiger partial charge in [0.1, 0.15) is 11.8 Å². The number of phenols is 1. The highest BCUT2D eigenvalue weighted by Crippen LogP contribution is 2.23. The monoisotopic (exact) mass is 239 g/mol. The van der Waals surface area contributed by atoms with Crippen molar-refractivity contribution in [2.45, 2.75) is 12.8 Å². The number of alkyl halides is 1. The summed E-state index contributed by atoms with van der Waals surface area (Å²) in [6.45, 7) is 1.87. The Labute approximate surface area is 98.0 Å². The van der Waals surface area contributed by atoms with Gasteiger partial charge in [-0.15, -0.1) is 11.6 Å². The zero-order chi connectivity index (χ0) is 12.1. The molecule has 4 nitrogen and oxygen atoms in total.